The van der Waals surface area contributed by atoms with Gasteiger partial charge in [-0.1, -0.05) is 11.6 Å². The smallest absolute Gasteiger partial charge is 0.251 e. The van der Waals surface area contributed by atoms with Crippen molar-refractivity contribution in [1.29, 1.82) is 0 Å². The predicted octanol–water partition coefficient (Wildman–Crippen LogP) is 2.87. The molecule has 0 bridgehead atoms. The van der Waals surface area contributed by atoms with Crippen molar-refractivity contribution in [2.45, 2.75) is 6.42 Å². The number of hydrogen-bond donors (Lipinski definition) is 1. The summed E-state index contributed by atoms with van der Waals surface area (Å²) in [4.78, 5) is 11.8. The number of benzene rings is 1. The molecule has 1 fully saturated rings. The van der Waals surface area contributed by atoms with Gasteiger partial charge in [-0.05, 0) is 40.5 Å². The van der Waals surface area contributed by atoms with Crippen LogP contribution >= 0.6 is 27.5 Å². The van der Waals surface area contributed by atoms with Crippen molar-refractivity contribution in [3.8, 4) is 0 Å². The predicted molar refractivity (Wildman–Crippen MR) is 70.4 cm³/mol. The molecule has 1 aliphatic rings. The normalized spacial score (nSPS) is 19.3. The zero-order valence-electron chi connectivity index (χ0n) is 9.21. The highest BCUT2D eigenvalue weighted by Crippen LogP contribution is 2.23. The highest BCUT2D eigenvalue weighted by Gasteiger charge is 2.16. The summed E-state index contributed by atoms with van der Waals surface area (Å²) in [6, 6.07) is 5.15. The van der Waals surface area contributed by atoms with Crippen LogP contribution in [0.1, 0.15) is 16.8 Å². The Bertz CT molecular complexity index is 419. The monoisotopic (exact) mass is 317 g/mol. The van der Waals surface area contributed by atoms with E-state index in [0.29, 0.717) is 23.0 Å². The molecule has 3 nitrogen and oxygen atoms in total. The van der Waals surface area contributed by atoms with Crippen molar-refractivity contribution in [3.05, 3.63) is 33.3 Å². The lowest BCUT2D eigenvalue weighted by atomic mass is 10.1. The van der Waals surface area contributed by atoms with Crippen molar-refractivity contribution < 1.29 is 9.53 Å². The van der Waals surface area contributed by atoms with Gasteiger partial charge >= 0.3 is 0 Å². The number of ether oxygens (including phenoxy) is 1. The second kappa shape index (κ2) is 5.85. The van der Waals surface area contributed by atoms with Gasteiger partial charge in [0.1, 0.15) is 0 Å². The van der Waals surface area contributed by atoms with E-state index in [-0.39, 0.29) is 5.91 Å². The van der Waals surface area contributed by atoms with Gasteiger partial charge in [0.25, 0.3) is 5.91 Å². The Kier molecular flexibility index (Phi) is 4.42. The minimum atomic E-state index is -0.0748. The molecule has 1 aromatic carbocycles. The average Bonchev–Trinajstić information content (AvgIpc) is 2.82. The molecule has 1 unspecified atom stereocenters. The van der Waals surface area contributed by atoms with Gasteiger partial charge in [-0.15, -0.1) is 0 Å². The van der Waals surface area contributed by atoms with Crippen LogP contribution in [0.3, 0.4) is 0 Å². The van der Waals surface area contributed by atoms with Crippen LogP contribution in [0.15, 0.2) is 22.7 Å². The first-order chi connectivity index (χ1) is 8.16. The Morgan fingerprint density at radius 2 is 2.41 bits per heavy atom. The summed E-state index contributed by atoms with van der Waals surface area (Å²) in [5, 5.41) is 3.51. The fraction of sp³-hybridized carbons (Fsp3) is 0.417. The SMILES string of the molecule is O=C(NCC1CCOC1)c1ccc(Cl)c(Br)c1. The van der Waals surface area contributed by atoms with Crippen LogP contribution in [0, 0.1) is 5.92 Å². The average molecular weight is 319 g/mol. The fourth-order valence-electron chi connectivity index (χ4n) is 1.72. The van der Waals surface area contributed by atoms with Gasteiger partial charge in [-0.2, -0.15) is 0 Å². The summed E-state index contributed by atoms with van der Waals surface area (Å²) in [6.07, 6.45) is 1.02. The third-order valence-electron chi connectivity index (χ3n) is 2.76. The van der Waals surface area contributed by atoms with Gasteiger partial charge in [-0.25, -0.2) is 0 Å². The molecular formula is C12H13BrClNO2. The molecule has 1 atom stereocenters. The van der Waals surface area contributed by atoms with E-state index < -0.39 is 0 Å². The molecule has 0 aliphatic carbocycles. The molecule has 1 N–H and O–H groups in total. The van der Waals surface area contributed by atoms with E-state index >= 15 is 0 Å². The topological polar surface area (TPSA) is 38.3 Å². The summed E-state index contributed by atoms with van der Waals surface area (Å²) in [5.41, 5.74) is 0.611. The minimum Gasteiger partial charge on any atom is -0.381 e. The van der Waals surface area contributed by atoms with Crippen molar-refractivity contribution in [3.63, 3.8) is 0 Å². The molecule has 1 heterocycles. The number of nitrogens with one attached hydrogen (secondary N) is 1. The highest BCUT2D eigenvalue weighted by atomic mass is 79.9. The third kappa shape index (κ3) is 3.44. The van der Waals surface area contributed by atoms with Crippen LogP contribution < -0.4 is 5.32 Å². The maximum Gasteiger partial charge on any atom is 0.251 e. The van der Waals surface area contributed by atoms with Crippen LogP contribution in [0.2, 0.25) is 5.02 Å². The van der Waals surface area contributed by atoms with E-state index in [0.717, 1.165) is 24.1 Å². The molecule has 0 saturated carbocycles. The third-order valence-corrected chi connectivity index (χ3v) is 3.97. The molecule has 92 valence electrons. The van der Waals surface area contributed by atoms with E-state index in [9.17, 15) is 4.79 Å². The number of carbonyl (C=O) groups excluding carboxylic acids is 1. The lowest BCUT2D eigenvalue weighted by molar-refractivity contribution is 0.0945. The Morgan fingerprint density at radius 3 is 3.06 bits per heavy atom. The van der Waals surface area contributed by atoms with Gasteiger partial charge in [0.05, 0.1) is 11.6 Å². The van der Waals surface area contributed by atoms with Crippen LogP contribution in [0.5, 0.6) is 0 Å². The van der Waals surface area contributed by atoms with Crippen molar-refractivity contribution in [2.24, 2.45) is 5.92 Å². The lowest BCUT2D eigenvalue weighted by Crippen LogP contribution is -2.29. The zero-order valence-corrected chi connectivity index (χ0v) is 11.6. The minimum absolute atomic E-state index is 0.0748. The molecule has 0 spiro atoms. The standard InChI is InChI=1S/C12H13BrClNO2/c13-10-5-9(1-2-11(10)14)12(16)15-6-8-3-4-17-7-8/h1-2,5,8H,3-4,6-7H2,(H,15,16). The van der Waals surface area contributed by atoms with Gasteiger partial charge in [0, 0.05) is 29.1 Å². The van der Waals surface area contributed by atoms with Gasteiger partial charge in [0.2, 0.25) is 0 Å². The molecular weight excluding hydrogens is 305 g/mol. The largest absolute Gasteiger partial charge is 0.381 e. The summed E-state index contributed by atoms with van der Waals surface area (Å²) in [7, 11) is 0. The number of rotatable bonds is 3. The maximum absolute atomic E-state index is 11.8. The van der Waals surface area contributed by atoms with Gasteiger partial charge in [-0.3, -0.25) is 4.79 Å². The first kappa shape index (κ1) is 12.9. The van der Waals surface area contributed by atoms with Gasteiger partial charge < -0.3 is 10.1 Å². The molecule has 1 saturated heterocycles. The quantitative estimate of drug-likeness (QED) is 0.930. The van der Waals surface area contributed by atoms with E-state index in [2.05, 4.69) is 21.2 Å². The molecule has 2 rings (SSSR count). The second-order valence-electron chi connectivity index (χ2n) is 4.07. The summed E-state index contributed by atoms with van der Waals surface area (Å²) < 4.78 is 5.99. The van der Waals surface area contributed by atoms with Crippen LogP contribution in [-0.2, 0) is 4.74 Å². The van der Waals surface area contributed by atoms with Crippen LogP contribution in [0.4, 0.5) is 0 Å². The van der Waals surface area contributed by atoms with E-state index in [1.807, 2.05) is 0 Å². The molecule has 5 heteroatoms. The molecule has 0 radical (unpaired) electrons. The Labute approximate surface area is 114 Å². The molecule has 1 aliphatic heterocycles. The Morgan fingerprint density at radius 1 is 1.59 bits per heavy atom. The van der Waals surface area contributed by atoms with Crippen LogP contribution in [-0.4, -0.2) is 25.7 Å². The van der Waals surface area contributed by atoms with E-state index in [1.165, 1.54) is 0 Å². The van der Waals surface area contributed by atoms with Crippen LogP contribution in [0.25, 0.3) is 0 Å². The Hall–Kier alpha value is -0.580. The zero-order chi connectivity index (χ0) is 12.3. The van der Waals surface area contributed by atoms with E-state index in [1.54, 1.807) is 18.2 Å². The lowest BCUT2D eigenvalue weighted by Gasteiger charge is -2.09. The van der Waals surface area contributed by atoms with Crippen molar-refractivity contribution >= 4 is 33.4 Å². The summed E-state index contributed by atoms with van der Waals surface area (Å²) in [6.45, 7) is 2.21. The van der Waals surface area contributed by atoms with E-state index in [4.69, 9.17) is 16.3 Å². The summed E-state index contributed by atoms with van der Waals surface area (Å²) in [5.74, 6) is 0.365. The van der Waals surface area contributed by atoms with Crippen molar-refractivity contribution in [1.82, 2.24) is 5.32 Å². The number of carbonyl (C=O) groups is 1. The second-order valence-corrected chi connectivity index (χ2v) is 5.33. The number of amides is 1. The highest BCUT2D eigenvalue weighted by molar-refractivity contribution is 9.10. The fourth-order valence-corrected chi connectivity index (χ4v) is 2.22. The first-order valence-corrected chi connectivity index (χ1v) is 6.65. The number of hydrogen-bond acceptors (Lipinski definition) is 2. The first-order valence-electron chi connectivity index (χ1n) is 5.48. The molecule has 17 heavy (non-hydrogen) atoms. The number of halogens is 2. The molecule has 1 aromatic rings. The molecule has 1 amide bonds. The molecule has 0 aromatic heterocycles. The Balaban J connectivity index is 1.92. The summed E-state index contributed by atoms with van der Waals surface area (Å²) >= 11 is 9.17. The maximum atomic E-state index is 11.8. The van der Waals surface area contributed by atoms with Gasteiger partial charge in [0.15, 0.2) is 0 Å². The van der Waals surface area contributed by atoms with Crippen molar-refractivity contribution in [2.75, 3.05) is 19.8 Å².